The topological polar surface area (TPSA) is 152 Å². The summed E-state index contributed by atoms with van der Waals surface area (Å²) in [5.41, 5.74) is 9.10. The van der Waals surface area contributed by atoms with E-state index in [9.17, 15) is 14.4 Å². The zero-order valence-electron chi connectivity index (χ0n) is 30.7. The number of benzene rings is 3. The van der Waals surface area contributed by atoms with Crippen molar-refractivity contribution in [1.82, 2.24) is 15.5 Å². The van der Waals surface area contributed by atoms with Crippen LogP contribution in [-0.2, 0) is 38.6 Å². The van der Waals surface area contributed by atoms with Crippen LogP contribution in [0.15, 0.2) is 97.6 Å². The van der Waals surface area contributed by atoms with Crippen molar-refractivity contribution in [3.05, 3.63) is 114 Å². The largest absolute Gasteiger partial charge is 0.488 e. The Morgan fingerprint density at radius 3 is 1.96 bits per heavy atom. The van der Waals surface area contributed by atoms with Crippen molar-refractivity contribution in [2.75, 3.05) is 19.8 Å². The van der Waals surface area contributed by atoms with Gasteiger partial charge in [-0.2, -0.15) is 0 Å². The van der Waals surface area contributed by atoms with Gasteiger partial charge in [0, 0.05) is 32.3 Å². The van der Waals surface area contributed by atoms with Gasteiger partial charge in [-0.15, -0.1) is 6.58 Å². The Morgan fingerprint density at radius 2 is 1.45 bits per heavy atom. The number of rotatable bonds is 19. The van der Waals surface area contributed by atoms with Crippen LogP contribution in [0.5, 0.6) is 5.75 Å². The third-order valence-corrected chi connectivity index (χ3v) is 7.23. The van der Waals surface area contributed by atoms with Gasteiger partial charge in [0.25, 0.3) is 0 Å². The first kappa shape index (κ1) is 42.5. The average Bonchev–Trinajstić information content (AvgIpc) is 3.08. The van der Waals surface area contributed by atoms with Crippen molar-refractivity contribution in [2.45, 2.75) is 90.9 Å². The summed E-state index contributed by atoms with van der Waals surface area (Å²) >= 11 is 0. The van der Waals surface area contributed by atoms with Crippen molar-refractivity contribution < 1.29 is 33.7 Å². The summed E-state index contributed by atoms with van der Waals surface area (Å²) in [6, 6.07) is 25.6. The molecule has 0 bridgehead atoms. The monoisotopic (exact) mass is 704 g/mol. The minimum Gasteiger partial charge on any atom is -0.488 e. The molecule has 0 aliphatic carbocycles. The normalized spacial score (nSPS) is 12.1. The SMILES string of the molecule is C=CCC(CC(=O)O)NC(=O)NCc1ccccc1.CCOC(CN(Cc1ccccc1)C(=O)C(N)Cc1ccc(OC(C)(C)C)cc1)OCC. The standard InChI is InChI=1S/C26H38N2O4.C14H18N2O3/c1-6-30-24(31-7-2)19-28(18-21-11-9-8-10-12-21)25(29)23(27)17-20-13-15-22(16-14-20)32-26(3,4)5;1-2-6-12(9-13(17)18)16-14(19)15-10-11-7-4-3-5-8-11/h8-16,23-24H,6-7,17-19,27H2,1-5H3;2-5,7-8,12H,1,6,9-10H2,(H,17,18)(H2,15,16,19). The Kier molecular flexibility index (Phi) is 19.1. The summed E-state index contributed by atoms with van der Waals surface area (Å²) in [5.74, 6) is -0.286. The van der Waals surface area contributed by atoms with Crippen molar-refractivity contribution >= 4 is 17.9 Å². The zero-order chi connectivity index (χ0) is 37.6. The van der Waals surface area contributed by atoms with Crippen molar-refractivity contribution in [3.8, 4) is 5.75 Å². The van der Waals surface area contributed by atoms with Crippen LogP contribution in [0.4, 0.5) is 4.79 Å². The van der Waals surface area contributed by atoms with Crippen molar-refractivity contribution in [1.29, 1.82) is 0 Å². The van der Waals surface area contributed by atoms with E-state index in [1.807, 2.05) is 120 Å². The van der Waals surface area contributed by atoms with Gasteiger partial charge < -0.3 is 40.6 Å². The summed E-state index contributed by atoms with van der Waals surface area (Å²) in [4.78, 5) is 37.3. The molecular formula is C40H56N4O7. The first-order valence-corrected chi connectivity index (χ1v) is 17.3. The van der Waals surface area contributed by atoms with Gasteiger partial charge in [-0.25, -0.2) is 4.79 Å². The molecule has 0 spiro atoms. The smallest absolute Gasteiger partial charge is 0.315 e. The molecule has 11 heteroatoms. The maximum absolute atomic E-state index is 13.3. The van der Waals surface area contributed by atoms with Crippen LogP contribution < -0.4 is 21.1 Å². The molecule has 2 atom stereocenters. The number of nitrogens with one attached hydrogen (secondary N) is 2. The average molecular weight is 705 g/mol. The van der Waals surface area contributed by atoms with Gasteiger partial charge in [-0.05, 0) is 76.3 Å². The van der Waals surface area contributed by atoms with Gasteiger partial charge in [0.2, 0.25) is 5.91 Å². The first-order chi connectivity index (χ1) is 24.3. The maximum Gasteiger partial charge on any atom is 0.315 e. The predicted molar refractivity (Wildman–Crippen MR) is 200 cm³/mol. The van der Waals surface area contributed by atoms with E-state index in [4.69, 9.17) is 25.1 Å². The molecule has 0 aliphatic rings. The Bertz CT molecular complexity index is 1440. The highest BCUT2D eigenvalue weighted by atomic mass is 16.7. The number of amides is 3. The number of carbonyl (C=O) groups is 3. The minimum absolute atomic E-state index is 0.120. The second kappa shape index (κ2) is 22.9. The fourth-order valence-electron chi connectivity index (χ4n) is 4.98. The number of hydrogen-bond acceptors (Lipinski definition) is 7. The van der Waals surface area contributed by atoms with Crippen LogP contribution in [0.2, 0.25) is 0 Å². The Morgan fingerprint density at radius 1 is 0.882 bits per heavy atom. The molecule has 0 aromatic heterocycles. The third-order valence-electron chi connectivity index (χ3n) is 7.23. The number of carbonyl (C=O) groups excluding carboxylic acids is 2. The van der Waals surface area contributed by atoms with Gasteiger partial charge in [0.05, 0.1) is 19.0 Å². The van der Waals surface area contributed by atoms with Crippen LogP contribution >= 0.6 is 0 Å². The molecule has 3 rings (SSSR count). The molecule has 0 saturated heterocycles. The van der Waals surface area contributed by atoms with Crippen LogP contribution in [0.1, 0.15) is 64.2 Å². The highest BCUT2D eigenvalue weighted by Gasteiger charge is 2.25. The van der Waals surface area contributed by atoms with Crippen LogP contribution in [-0.4, -0.2) is 71.6 Å². The van der Waals surface area contributed by atoms with E-state index < -0.39 is 24.3 Å². The van der Waals surface area contributed by atoms with E-state index in [1.54, 1.807) is 11.0 Å². The number of nitrogens with two attached hydrogens (primary N) is 1. The van der Waals surface area contributed by atoms with Crippen molar-refractivity contribution in [3.63, 3.8) is 0 Å². The summed E-state index contributed by atoms with van der Waals surface area (Å²) in [6.45, 7) is 15.6. The number of carboxylic acids is 1. The molecule has 5 N–H and O–H groups in total. The van der Waals surface area contributed by atoms with Gasteiger partial charge in [-0.3, -0.25) is 9.59 Å². The Hall–Kier alpha value is -4.71. The minimum atomic E-state index is -0.949. The summed E-state index contributed by atoms with van der Waals surface area (Å²) in [7, 11) is 0. The highest BCUT2D eigenvalue weighted by molar-refractivity contribution is 5.82. The summed E-state index contributed by atoms with van der Waals surface area (Å²) in [6.07, 6.45) is 1.84. The number of hydrogen-bond donors (Lipinski definition) is 4. The molecular weight excluding hydrogens is 648 g/mol. The van der Waals surface area contributed by atoms with Crippen LogP contribution in [0.25, 0.3) is 0 Å². The van der Waals surface area contributed by atoms with E-state index in [0.717, 1.165) is 22.4 Å². The molecule has 0 aliphatic heterocycles. The fourth-order valence-corrected chi connectivity index (χ4v) is 4.98. The second-order valence-corrected chi connectivity index (χ2v) is 12.8. The molecule has 278 valence electrons. The summed E-state index contributed by atoms with van der Waals surface area (Å²) < 4.78 is 17.2. The first-order valence-electron chi connectivity index (χ1n) is 17.3. The molecule has 51 heavy (non-hydrogen) atoms. The van der Waals surface area contributed by atoms with E-state index >= 15 is 0 Å². The molecule has 0 heterocycles. The maximum atomic E-state index is 13.3. The van der Waals surface area contributed by atoms with Crippen LogP contribution in [0.3, 0.4) is 0 Å². The Balaban J connectivity index is 0.000000404. The molecule has 3 amide bonds. The van der Waals surface area contributed by atoms with Gasteiger partial charge in [0.15, 0.2) is 6.29 Å². The van der Waals surface area contributed by atoms with E-state index in [-0.39, 0.29) is 24.0 Å². The number of nitrogens with zero attached hydrogens (tertiary/aromatic N) is 1. The molecule has 0 saturated carbocycles. The van der Waals surface area contributed by atoms with Crippen LogP contribution in [0, 0.1) is 0 Å². The number of ether oxygens (including phenoxy) is 3. The molecule has 3 aromatic carbocycles. The molecule has 0 fully saturated rings. The zero-order valence-corrected chi connectivity index (χ0v) is 30.7. The quantitative estimate of drug-likeness (QED) is 0.0868. The molecule has 3 aromatic rings. The number of carboxylic acid groups (broad SMARTS) is 1. The van der Waals surface area contributed by atoms with E-state index in [2.05, 4.69) is 17.2 Å². The van der Waals surface area contributed by atoms with Gasteiger partial charge in [0.1, 0.15) is 11.4 Å². The highest BCUT2D eigenvalue weighted by Crippen LogP contribution is 2.19. The summed E-state index contributed by atoms with van der Waals surface area (Å²) in [5, 5.41) is 14.0. The predicted octanol–water partition coefficient (Wildman–Crippen LogP) is 6.07. The molecule has 0 radical (unpaired) electrons. The van der Waals surface area contributed by atoms with Crippen molar-refractivity contribution in [2.24, 2.45) is 5.73 Å². The number of urea groups is 1. The third kappa shape index (κ3) is 18.2. The lowest BCUT2D eigenvalue weighted by molar-refractivity contribution is -0.160. The molecule has 11 nitrogen and oxygen atoms in total. The van der Waals surface area contributed by atoms with E-state index in [1.165, 1.54) is 0 Å². The lowest BCUT2D eigenvalue weighted by Crippen LogP contribution is -2.48. The number of aliphatic carboxylic acids is 1. The van der Waals surface area contributed by atoms with Gasteiger partial charge >= 0.3 is 12.0 Å². The van der Waals surface area contributed by atoms with Gasteiger partial charge in [-0.1, -0.05) is 78.9 Å². The lowest BCUT2D eigenvalue weighted by atomic mass is 10.0. The second-order valence-electron chi connectivity index (χ2n) is 12.8. The molecule has 2 unspecified atom stereocenters. The lowest BCUT2D eigenvalue weighted by Gasteiger charge is -2.29. The van der Waals surface area contributed by atoms with E-state index in [0.29, 0.717) is 45.7 Å². The Labute approximate surface area is 303 Å². The fraction of sp³-hybridized carbons (Fsp3) is 0.425.